The Morgan fingerprint density at radius 2 is 1.85 bits per heavy atom. The molecule has 3 heterocycles. The molecule has 3 aromatic rings. The summed E-state index contributed by atoms with van der Waals surface area (Å²) in [5.74, 6) is 1.81. The second-order valence-corrected chi connectivity index (χ2v) is 6.84. The highest BCUT2D eigenvalue weighted by Gasteiger charge is 2.32. The fourth-order valence-corrected chi connectivity index (χ4v) is 3.29. The lowest BCUT2D eigenvalue weighted by molar-refractivity contribution is 0.0583. The van der Waals surface area contributed by atoms with Gasteiger partial charge in [0.1, 0.15) is 11.6 Å². The van der Waals surface area contributed by atoms with Crippen LogP contribution in [-0.4, -0.2) is 30.3 Å². The van der Waals surface area contributed by atoms with E-state index in [1.165, 1.54) is 0 Å². The van der Waals surface area contributed by atoms with Crippen molar-refractivity contribution in [3.05, 3.63) is 77.9 Å². The van der Waals surface area contributed by atoms with Crippen molar-refractivity contribution >= 4 is 5.91 Å². The van der Waals surface area contributed by atoms with Gasteiger partial charge >= 0.3 is 0 Å². The summed E-state index contributed by atoms with van der Waals surface area (Å²) in [4.78, 5) is 28.2. The smallest absolute Gasteiger partial charge is 0.257 e. The number of fused-ring (bicyclic) bond motifs is 1. The fraction of sp³-hybridized carbons (Fsp3) is 0.300. The molecule has 0 aliphatic carbocycles. The van der Waals surface area contributed by atoms with E-state index in [1.54, 1.807) is 18.6 Å². The van der Waals surface area contributed by atoms with Gasteiger partial charge in [0.15, 0.2) is 0 Å². The second kappa shape index (κ2) is 6.71. The average Bonchev–Trinajstić information content (AvgIpc) is 3.14. The molecule has 1 aliphatic rings. The number of benzene rings is 1. The monoisotopic (exact) mass is 347 g/mol. The molecule has 6 nitrogen and oxygen atoms in total. The predicted octanol–water partition coefficient (Wildman–Crippen LogP) is 3.19. The van der Waals surface area contributed by atoms with Gasteiger partial charge in [-0.15, -0.1) is 0 Å². The summed E-state index contributed by atoms with van der Waals surface area (Å²) in [5, 5.41) is 0. The number of imidazole rings is 1. The Hall–Kier alpha value is -3.02. The number of amides is 1. The van der Waals surface area contributed by atoms with Gasteiger partial charge in [0.25, 0.3) is 5.91 Å². The van der Waals surface area contributed by atoms with Gasteiger partial charge in [-0.05, 0) is 5.56 Å². The molecule has 2 aromatic heterocycles. The first-order valence-electron chi connectivity index (χ1n) is 8.81. The number of aromatic nitrogens is 4. The highest BCUT2D eigenvalue weighted by molar-refractivity contribution is 5.94. The lowest BCUT2D eigenvalue weighted by Crippen LogP contribution is -2.41. The maximum Gasteiger partial charge on any atom is 0.257 e. The maximum atomic E-state index is 13.2. The minimum absolute atomic E-state index is 0.0461. The largest absolute Gasteiger partial charge is 0.331 e. The Labute approximate surface area is 152 Å². The maximum absolute atomic E-state index is 13.2. The third-order valence-corrected chi connectivity index (χ3v) is 4.74. The zero-order valence-electron chi connectivity index (χ0n) is 14.9. The van der Waals surface area contributed by atoms with Crippen LogP contribution < -0.4 is 0 Å². The van der Waals surface area contributed by atoms with Gasteiger partial charge in [0, 0.05) is 37.3 Å². The molecule has 0 fully saturated rings. The molecule has 0 radical (unpaired) electrons. The summed E-state index contributed by atoms with van der Waals surface area (Å²) in [5.41, 5.74) is 1.62. The normalized spacial score (nSPS) is 16.6. The van der Waals surface area contributed by atoms with Crippen LogP contribution in [0, 0.1) is 0 Å². The number of hydrogen-bond acceptors (Lipinski definition) is 4. The van der Waals surface area contributed by atoms with Gasteiger partial charge in [0.05, 0.1) is 18.2 Å². The quantitative estimate of drug-likeness (QED) is 0.730. The summed E-state index contributed by atoms with van der Waals surface area (Å²) < 4.78 is 2.11. The van der Waals surface area contributed by atoms with Crippen molar-refractivity contribution in [3.63, 3.8) is 0 Å². The predicted molar refractivity (Wildman–Crippen MR) is 97.4 cm³/mol. The lowest BCUT2D eigenvalue weighted by atomic mass is 10.0. The average molecular weight is 347 g/mol. The van der Waals surface area contributed by atoms with Crippen molar-refractivity contribution in [2.24, 2.45) is 0 Å². The Kier molecular flexibility index (Phi) is 4.24. The third kappa shape index (κ3) is 2.98. The first-order valence-corrected chi connectivity index (χ1v) is 8.81. The Morgan fingerprint density at radius 3 is 2.54 bits per heavy atom. The molecule has 4 rings (SSSR count). The highest BCUT2D eigenvalue weighted by Crippen LogP contribution is 2.30. The van der Waals surface area contributed by atoms with Gasteiger partial charge < -0.3 is 9.47 Å². The molecule has 0 bridgehead atoms. The molecule has 26 heavy (non-hydrogen) atoms. The molecule has 1 atom stereocenters. The second-order valence-electron chi connectivity index (χ2n) is 6.84. The van der Waals surface area contributed by atoms with E-state index in [0.717, 1.165) is 17.2 Å². The number of carbonyl (C=O) groups excluding carboxylic acids is 1. The van der Waals surface area contributed by atoms with Crippen molar-refractivity contribution < 1.29 is 4.79 Å². The Bertz CT molecular complexity index is 901. The molecule has 0 spiro atoms. The van der Waals surface area contributed by atoms with E-state index in [1.807, 2.05) is 43.1 Å². The van der Waals surface area contributed by atoms with Crippen LogP contribution in [0.15, 0.2) is 55.1 Å². The molecule has 1 aromatic carbocycles. The van der Waals surface area contributed by atoms with E-state index in [4.69, 9.17) is 0 Å². The van der Waals surface area contributed by atoms with E-state index >= 15 is 0 Å². The summed E-state index contributed by atoms with van der Waals surface area (Å²) in [6.45, 7) is 5.23. The van der Waals surface area contributed by atoms with E-state index in [0.29, 0.717) is 18.7 Å². The fourth-order valence-electron chi connectivity index (χ4n) is 3.29. The summed E-state index contributed by atoms with van der Waals surface area (Å²) >= 11 is 0. The molecule has 0 saturated heterocycles. The van der Waals surface area contributed by atoms with Crippen LogP contribution in [0.5, 0.6) is 0 Å². The number of nitrogens with zero attached hydrogens (tertiary/aromatic N) is 5. The SMILES string of the molecule is CC(C)c1ncc(C(=O)N2Cc3nccn3C[C@H]2c2ccccc2)cn1. The van der Waals surface area contributed by atoms with Gasteiger partial charge in [-0.3, -0.25) is 4.79 Å². The topological polar surface area (TPSA) is 63.9 Å². The van der Waals surface area contributed by atoms with Crippen LogP contribution in [0.4, 0.5) is 0 Å². The minimum atomic E-state index is -0.0663. The molecule has 1 amide bonds. The highest BCUT2D eigenvalue weighted by atomic mass is 16.2. The molecule has 0 N–H and O–H groups in total. The molecule has 0 unspecified atom stereocenters. The van der Waals surface area contributed by atoms with Crippen LogP contribution in [0.1, 0.15) is 53.4 Å². The first-order chi connectivity index (χ1) is 12.6. The Morgan fingerprint density at radius 1 is 1.12 bits per heavy atom. The van der Waals surface area contributed by atoms with Crippen LogP contribution >= 0.6 is 0 Å². The van der Waals surface area contributed by atoms with Crippen LogP contribution in [-0.2, 0) is 13.1 Å². The van der Waals surface area contributed by atoms with Crippen molar-refractivity contribution in [2.75, 3.05) is 0 Å². The summed E-state index contributed by atoms with van der Waals surface area (Å²) in [7, 11) is 0. The van der Waals surface area contributed by atoms with Crippen LogP contribution in [0.2, 0.25) is 0 Å². The van der Waals surface area contributed by atoms with Crippen molar-refractivity contribution in [1.29, 1.82) is 0 Å². The molecule has 6 heteroatoms. The van der Waals surface area contributed by atoms with E-state index < -0.39 is 0 Å². The van der Waals surface area contributed by atoms with Gasteiger partial charge in [-0.25, -0.2) is 15.0 Å². The van der Waals surface area contributed by atoms with E-state index in [9.17, 15) is 4.79 Å². The van der Waals surface area contributed by atoms with Gasteiger partial charge in [0.2, 0.25) is 0 Å². The number of rotatable bonds is 3. The van der Waals surface area contributed by atoms with E-state index in [2.05, 4.69) is 31.7 Å². The lowest BCUT2D eigenvalue weighted by Gasteiger charge is -2.36. The van der Waals surface area contributed by atoms with Crippen LogP contribution in [0.25, 0.3) is 0 Å². The standard InChI is InChI=1S/C20H21N5O/c1-14(2)19-22-10-16(11-23-19)20(26)25-13-18-21-8-9-24(18)12-17(25)15-6-4-3-5-7-15/h3-11,14,17H,12-13H2,1-2H3/t17-/m0/s1. The summed E-state index contributed by atoms with van der Waals surface area (Å²) in [6.07, 6.45) is 7.02. The molecule has 1 aliphatic heterocycles. The molecule has 0 saturated carbocycles. The Balaban J connectivity index is 1.68. The first kappa shape index (κ1) is 16.4. The molecular formula is C20H21N5O. The third-order valence-electron chi connectivity index (χ3n) is 4.74. The molecular weight excluding hydrogens is 326 g/mol. The van der Waals surface area contributed by atoms with Crippen molar-refractivity contribution in [1.82, 2.24) is 24.4 Å². The van der Waals surface area contributed by atoms with Crippen molar-refractivity contribution in [3.8, 4) is 0 Å². The summed E-state index contributed by atoms with van der Waals surface area (Å²) in [6, 6.07) is 10.1. The van der Waals surface area contributed by atoms with Gasteiger partial charge in [-0.2, -0.15) is 0 Å². The van der Waals surface area contributed by atoms with Crippen LogP contribution in [0.3, 0.4) is 0 Å². The number of carbonyl (C=O) groups is 1. The minimum Gasteiger partial charge on any atom is -0.331 e. The number of hydrogen-bond donors (Lipinski definition) is 0. The zero-order chi connectivity index (χ0) is 18.1. The van der Waals surface area contributed by atoms with Crippen molar-refractivity contribution in [2.45, 2.75) is 38.9 Å². The van der Waals surface area contributed by atoms with Gasteiger partial charge in [-0.1, -0.05) is 44.2 Å². The van der Waals surface area contributed by atoms with E-state index in [-0.39, 0.29) is 17.9 Å². The zero-order valence-corrected chi connectivity index (χ0v) is 14.9. The molecule has 132 valence electrons.